The molecule has 0 aromatic heterocycles. The van der Waals surface area contributed by atoms with Gasteiger partial charge in [0.15, 0.2) is 0 Å². The van der Waals surface area contributed by atoms with Gasteiger partial charge in [0.05, 0.1) is 19.3 Å². The number of β-amino-alcohol motifs (C(OH)–C–C–N with tert-alkyl or cyclic N) is 1. The topological polar surface area (TPSA) is 70.6 Å². The van der Waals surface area contributed by atoms with Crippen LogP contribution in [0.2, 0.25) is 0 Å². The number of carbonyl (C=O) groups excluding carboxylic acids is 1. The number of hydrogen-bond donors (Lipinski definition) is 3. The smallest absolute Gasteiger partial charge is 0.406 e. The van der Waals surface area contributed by atoms with Gasteiger partial charge in [-0.3, -0.25) is 0 Å². The Morgan fingerprint density at radius 2 is 2.54 bits per heavy atom. The zero-order chi connectivity index (χ0) is 9.73. The summed E-state index contributed by atoms with van der Waals surface area (Å²) in [6, 6.07) is 0. The lowest BCUT2D eigenvalue weighted by Gasteiger charge is -2.32. The minimum Gasteiger partial charge on any atom is -0.453 e. The number of amides is 1. The Hall–Kier alpha value is -0.810. The third-order valence-corrected chi connectivity index (χ3v) is 2.20. The zero-order valence-corrected chi connectivity index (χ0v) is 7.80. The van der Waals surface area contributed by atoms with E-state index in [0.717, 1.165) is 13.0 Å². The highest BCUT2D eigenvalue weighted by atomic mass is 16.5. The Morgan fingerprint density at radius 3 is 3.08 bits per heavy atom. The predicted molar refractivity (Wildman–Crippen MR) is 47.5 cm³/mol. The molecule has 1 fully saturated rings. The number of nitrogens with one attached hydrogen (secondary N) is 2. The third kappa shape index (κ3) is 3.20. The average molecular weight is 188 g/mol. The van der Waals surface area contributed by atoms with Gasteiger partial charge in [0, 0.05) is 6.54 Å². The number of rotatable bonds is 2. The molecule has 0 aromatic rings. The van der Waals surface area contributed by atoms with Crippen molar-refractivity contribution in [2.75, 3.05) is 26.7 Å². The van der Waals surface area contributed by atoms with E-state index in [9.17, 15) is 9.90 Å². The molecule has 1 unspecified atom stereocenters. The monoisotopic (exact) mass is 188 g/mol. The highest BCUT2D eigenvalue weighted by Crippen LogP contribution is 2.14. The SMILES string of the molecule is COC(=O)NCC1(O)CCCNC1. The van der Waals surface area contributed by atoms with Crippen LogP contribution in [0.1, 0.15) is 12.8 Å². The van der Waals surface area contributed by atoms with Crippen LogP contribution >= 0.6 is 0 Å². The van der Waals surface area contributed by atoms with Crippen molar-refractivity contribution in [1.29, 1.82) is 0 Å². The molecule has 1 saturated heterocycles. The van der Waals surface area contributed by atoms with Gasteiger partial charge in [-0.15, -0.1) is 0 Å². The second-order valence-corrected chi connectivity index (χ2v) is 3.35. The molecule has 1 aliphatic heterocycles. The average Bonchev–Trinajstić information content (AvgIpc) is 2.15. The number of aliphatic hydroxyl groups is 1. The summed E-state index contributed by atoms with van der Waals surface area (Å²) in [5, 5.41) is 15.4. The van der Waals surface area contributed by atoms with Gasteiger partial charge in [-0.1, -0.05) is 0 Å². The second kappa shape index (κ2) is 4.43. The summed E-state index contributed by atoms with van der Waals surface area (Å²) < 4.78 is 4.40. The van der Waals surface area contributed by atoms with Crippen molar-refractivity contribution in [2.45, 2.75) is 18.4 Å². The Kier molecular flexibility index (Phi) is 3.50. The van der Waals surface area contributed by atoms with E-state index in [1.165, 1.54) is 7.11 Å². The zero-order valence-electron chi connectivity index (χ0n) is 7.80. The molecule has 1 aliphatic rings. The van der Waals surface area contributed by atoms with E-state index < -0.39 is 11.7 Å². The normalized spacial score (nSPS) is 28.2. The number of piperidine rings is 1. The quantitative estimate of drug-likeness (QED) is 0.544. The summed E-state index contributed by atoms with van der Waals surface area (Å²) in [5.41, 5.74) is -0.813. The van der Waals surface area contributed by atoms with Crippen molar-refractivity contribution in [1.82, 2.24) is 10.6 Å². The van der Waals surface area contributed by atoms with Gasteiger partial charge in [-0.2, -0.15) is 0 Å². The van der Waals surface area contributed by atoms with E-state index in [1.807, 2.05) is 0 Å². The van der Waals surface area contributed by atoms with Crippen molar-refractivity contribution in [3.8, 4) is 0 Å². The first-order chi connectivity index (χ1) is 6.16. The molecule has 0 bridgehead atoms. The first-order valence-electron chi connectivity index (χ1n) is 4.41. The first-order valence-corrected chi connectivity index (χ1v) is 4.41. The molecular weight excluding hydrogens is 172 g/mol. The number of carbonyl (C=O) groups is 1. The summed E-state index contributed by atoms with van der Waals surface area (Å²) in [6.45, 7) is 1.70. The van der Waals surface area contributed by atoms with Gasteiger partial charge in [-0.05, 0) is 19.4 Å². The van der Waals surface area contributed by atoms with Gasteiger partial charge in [0.1, 0.15) is 0 Å². The van der Waals surface area contributed by atoms with Crippen molar-refractivity contribution < 1.29 is 14.6 Å². The van der Waals surface area contributed by atoms with Crippen molar-refractivity contribution in [3.63, 3.8) is 0 Å². The number of alkyl carbamates (subject to hydrolysis) is 1. The molecule has 0 saturated carbocycles. The summed E-state index contributed by atoms with van der Waals surface area (Å²) in [4.78, 5) is 10.7. The molecule has 5 nitrogen and oxygen atoms in total. The van der Waals surface area contributed by atoms with E-state index in [-0.39, 0.29) is 6.54 Å². The Labute approximate surface area is 77.5 Å². The minimum atomic E-state index is -0.813. The van der Waals surface area contributed by atoms with Crippen LogP contribution in [0.4, 0.5) is 4.79 Å². The molecule has 0 aromatic carbocycles. The molecule has 1 heterocycles. The fraction of sp³-hybridized carbons (Fsp3) is 0.875. The maximum Gasteiger partial charge on any atom is 0.406 e. The summed E-state index contributed by atoms with van der Waals surface area (Å²) in [5.74, 6) is 0. The fourth-order valence-corrected chi connectivity index (χ4v) is 1.41. The van der Waals surface area contributed by atoms with Crippen LogP contribution < -0.4 is 10.6 Å². The van der Waals surface area contributed by atoms with Crippen LogP contribution in [0, 0.1) is 0 Å². The molecule has 0 aliphatic carbocycles. The lowest BCUT2D eigenvalue weighted by Crippen LogP contribution is -2.52. The molecule has 1 amide bonds. The van der Waals surface area contributed by atoms with E-state index >= 15 is 0 Å². The van der Waals surface area contributed by atoms with Gasteiger partial charge in [-0.25, -0.2) is 4.79 Å². The molecule has 5 heteroatoms. The highest BCUT2D eigenvalue weighted by molar-refractivity contribution is 5.66. The van der Waals surface area contributed by atoms with E-state index in [0.29, 0.717) is 13.0 Å². The Morgan fingerprint density at radius 1 is 1.77 bits per heavy atom. The van der Waals surface area contributed by atoms with Crippen LogP contribution in [0.3, 0.4) is 0 Å². The van der Waals surface area contributed by atoms with Crippen LogP contribution in [-0.2, 0) is 4.74 Å². The Bertz CT molecular complexity index is 178. The molecule has 3 N–H and O–H groups in total. The lowest BCUT2D eigenvalue weighted by molar-refractivity contribution is 0.0171. The highest BCUT2D eigenvalue weighted by Gasteiger charge is 2.29. The summed E-state index contributed by atoms with van der Waals surface area (Å²) >= 11 is 0. The minimum absolute atomic E-state index is 0.243. The molecule has 13 heavy (non-hydrogen) atoms. The maximum absolute atomic E-state index is 10.7. The standard InChI is InChI=1S/C8H16N2O3/c1-13-7(11)10-6-8(12)3-2-4-9-5-8/h9,12H,2-6H2,1H3,(H,10,11). The van der Waals surface area contributed by atoms with Crippen LogP contribution in [0.5, 0.6) is 0 Å². The maximum atomic E-state index is 10.7. The largest absolute Gasteiger partial charge is 0.453 e. The molecule has 76 valence electrons. The molecule has 0 radical (unpaired) electrons. The van der Waals surface area contributed by atoms with Crippen molar-refractivity contribution in [2.24, 2.45) is 0 Å². The predicted octanol–water partition coefficient (Wildman–Crippen LogP) is -0.543. The fourth-order valence-electron chi connectivity index (χ4n) is 1.41. The first kappa shape index (κ1) is 10.3. The molecule has 1 atom stereocenters. The molecule has 0 spiro atoms. The number of methoxy groups -OCH3 is 1. The summed E-state index contributed by atoms with van der Waals surface area (Å²) in [7, 11) is 1.30. The van der Waals surface area contributed by atoms with Crippen molar-refractivity contribution >= 4 is 6.09 Å². The van der Waals surface area contributed by atoms with E-state index in [4.69, 9.17) is 0 Å². The van der Waals surface area contributed by atoms with Gasteiger partial charge in [0.25, 0.3) is 0 Å². The number of ether oxygens (including phenoxy) is 1. The van der Waals surface area contributed by atoms with E-state index in [1.54, 1.807) is 0 Å². The third-order valence-electron chi connectivity index (χ3n) is 2.20. The molecule has 1 rings (SSSR count). The van der Waals surface area contributed by atoms with Gasteiger partial charge >= 0.3 is 6.09 Å². The second-order valence-electron chi connectivity index (χ2n) is 3.35. The van der Waals surface area contributed by atoms with Crippen LogP contribution in [-0.4, -0.2) is 43.5 Å². The van der Waals surface area contributed by atoms with Gasteiger partial charge in [0.2, 0.25) is 0 Å². The van der Waals surface area contributed by atoms with Crippen LogP contribution in [0.25, 0.3) is 0 Å². The molecular formula is C8H16N2O3. The van der Waals surface area contributed by atoms with Crippen molar-refractivity contribution in [3.05, 3.63) is 0 Å². The van der Waals surface area contributed by atoms with Crippen LogP contribution in [0.15, 0.2) is 0 Å². The van der Waals surface area contributed by atoms with Gasteiger partial charge < -0.3 is 20.5 Å². The number of hydrogen-bond acceptors (Lipinski definition) is 4. The summed E-state index contributed by atoms with van der Waals surface area (Å²) in [6.07, 6.45) is 1.14. The van der Waals surface area contributed by atoms with E-state index in [2.05, 4.69) is 15.4 Å². The lowest BCUT2D eigenvalue weighted by atomic mass is 9.94. The Balaban J connectivity index is 2.28.